The second kappa shape index (κ2) is 6.04. The zero-order chi connectivity index (χ0) is 16.6. The number of nitrogens with zero attached hydrogens (tertiary/aromatic N) is 2. The Hall–Kier alpha value is -2.34. The van der Waals surface area contributed by atoms with Crippen molar-refractivity contribution in [3.05, 3.63) is 63.0 Å². The summed E-state index contributed by atoms with van der Waals surface area (Å²) < 4.78 is 3.89. The summed E-state index contributed by atoms with van der Waals surface area (Å²) in [5.41, 5.74) is 3.09. The minimum atomic E-state index is -0.0998. The molecule has 0 aliphatic heterocycles. The summed E-state index contributed by atoms with van der Waals surface area (Å²) >= 11 is 3.46. The van der Waals surface area contributed by atoms with Crippen LogP contribution in [0.15, 0.2) is 51.7 Å². The highest BCUT2D eigenvalue weighted by molar-refractivity contribution is 9.10. The maximum absolute atomic E-state index is 12.2. The second-order valence-corrected chi connectivity index (χ2v) is 6.29. The number of nitrogens with one attached hydrogen (secondary N) is 1. The number of hydrogen-bond acceptors (Lipinski definition) is 2. The normalized spacial score (nSPS) is 10.9. The molecule has 0 aliphatic rings. The summed E-state index contributed by atoms with van der Waals surface area (Å²) in [6.45, 7) is 0. The number of aromatic nitrogens is 2. The third-order valence-corrected chi connectivity index (χ3v) is 4.50. The number of carbonyl (C=O) groups is 1. The van der Waals surface area contributed by atoms with Crippen LogP contribution in [0, 0.1) is 0 Å². The Kier molecular flexibility index (Phi) is 4.09. The van der Waals surface area contributed by atoms with E-state index in [9.17, 15) is 9.59 Å². The number of halogens is 1. The van der Waals surface area contributed by atoms with E-state index in [2.05, 4.69) is 21.2 Å². The number of amides is 1. The summed E-state index contributed by atoms with van der Waals surface area (Å²) in [5.74, 6) is -0.0998. The predicted octanol–water partition coefficient (Wildman–Crippen LogP) is 2.82. The van der Waals surface area contributed by atoms with Gasteiger partial charge in [0.2, 0.25) is 5.91 Å². The molecule has 1 amide bonds. The summed E-state index contributed by atoms with van der Waals surface area (Å²) in [6.07, 6.45) is 0.305. The highest BCUT2D eigenvalue weighted by atomic mass is 79.9. The van der Waals surface area contributed by atoms with Crippen LogP contribution < -0.4 is 11.0 Å². The summed E-state index contributed by atoms with van der Waals surface area (Å²) in [5, 5.41) is 2.90. The first-order valence-corrected chi connectivity index (χ1v) is 7.95. The molecule has 1 N–H and O–H groups in total. The van der Waals surface area contributed by atoms with E-state index in [-0.39, 0.29) is 11.6 Å². The first-order valence-electron chi connectivity index (χ1n) is 7.16. The number of aryl methyl sites for hydroxylation is 2. The van der Waals surface area contributed by atoms with Gasteiger partial charge in [0.1, 0.15) is 0 Å². The molecule has 0 bridgehead atoms. The molecule has 0 aliphatic carbocycles. The molecule has 0 fully saturated rings. The molecule has 0 atom stereocenters. The van der Waals surface area contributed by atoms with E-state index in [1.165, 1.54) is 0 Å². The maximum Gasteiger partial charge on any atom is 0.328 e. The number of fused-ring (bicyclic) bond motifs is 1. The highest BCUT2D eigenvalue weighted by Gasteiger charge is 2.13. The number of benzene rings is 2. The molecule has 0 saturated heterocycles. The summed E-state index contributed by atoms with van der Waals surface area (Å²) in [7, 11) is 3.44. The fourth-order valence-corrected chi connectivity index (χ4v) is 3.02. The van der Waals surface area contributed by atoms with Gasteiger partial charge in [-0.05, 0) is 33.6 Å². The number of carbonyl (C=O) groups excluding carboxylic acids is 1. The molecule has 2 aromatic carbocycles. The molecular formula is C17H16BrN3O2. The number of rotatable bonds is 3. The van der Waals surface area contributed by atoms with Crippen LogP contribution in [-0.4, -0.2) is 15.0 Å². The van der Waals surface area contributed by atoms with Crippen LogP contribution >= 0.6 is 15.9 Å². The number of imidazole rings is 1. The molecule has 5 nitrogen and oxygen atoms in total. The van der Waals surface area contributed by atoms with E-state index in [4.69, 9.17) is 0 Å². The smallest absolute Gasteiger partial charge is 0.325 e. The summed E-state index contributed by atoms with van der Waals surface area (Å²) in [6, 6.07) is 13.2. The van der Waals surface area contributed by atoms with Crippen molar-refractivity contribution in [2.24, 2.45) is 14.1 Å². The van der Waals surface area contributed by atoms with Crippen molar-refractivity contribution in [2.75, 3.05) is 5.32 Å². The van der Waals surface area contributed by atoms with E-state index in [1.54, 1.807) is 23.2 Å². The first kappa shape index (κ1) is 15.6. The SMILES string of the molecule is Cn1c(=O)n(C)c2cc(NC(=O)Cc3ccccc3)c(Br)cc21. The monoisotopic (exact) mass is 373 g/mol. The minimum absolute atomic E-state index is 0.0975. The molecule has 0 spiro atoms. The lowest BCUT2D eigenvalue weighted by atomic mass is 10.1. The minimum Gasteiger partial charge on any atom is -0.325 e. The molecule has 0 radical (unpaired) electrons. The van der Waals surface area contributed by atoms with Gasteiger partial charge < -0.3 is 5.32 Å². The zero-order valence-corrected chi connectivity index (χ0v) is 14.4. The van der Waals surface area contributed by atoms with Gasteiger partial charge in [-0.2, -0.15) is 0 Å². The predicted molar refractivity (Wildman–Crippen MR) is 94.6 cm³/mol. The van der Waals surface area contributed by atoms with Crippen molar-refractivity contribution in [1.82, 2.24) is 9.13 Å². The van der Waals surface area contributed by atoms with Crippen LogP contribution in [0.2, 0.25) is 0 Å². The third-order valence-electron chi connectivity index (χ3n) is 3.84. The van der Waals surface area contributed by atoms with Gasteiger partial charge in [-0.25, -0.2) is 4.79 Å². The van der Waals surface area contributed by atoms with Crippen LogP contribution in [0.4, 0.5) is 5.69 Å². The van der Waals surface area contributed by atoms with Crippen molar-refractivity contribution in [2.45, 2.75) is 6.42 Å². The Morgan fingerprint density at radius 1 is 1.09 bits per heavy atom. The van der Waals surface area contributed by atoms with Crippen LogP contribution in [0.3, 0.4) is 0 Å². The van der Waals surface area contributed by atoms with Gasteiger partial charge in [-0.15, -0.1) is 0 Å². The van der Waals surface area contributed by atoms with Gasteiger partial charge in [0, 0.05) is 18.6 Å². The van der Waals surface area contributed by atoms with E-state index in [1.807, 2.05) is 42.5 Å². The third kappa shape index (κ3) is 2.94. The lowest BCUT2D eigenvalue weighted by Gasteiger charge is -2.09. The molecule has 0 saturated carbocycles. The number of hydrogen-bond donors (Lipinski definition) is 1. The molecule has 118 valence electrons. The molecule has 0 unspecified atom stereocenters. The van der Waals surface area contributed by atoms with Gasteiger partial charge in [-0.1, -0.05) is 30.3 Å². The average molecular weight is 374 g/mol. The number of anilines is 1. The quantitative estimate of drug-likeness (QED) is 0.767. The van der Waals surface area contributed by atoms with Crippen molar-refractivity contribution in [3.8, 4) is 0 Å². The molecule has 23 heavy (non-hydrogen) atoms. The zero-order valence-electron chi connectivity index (χ0n) is 12.8. The standard InChI is InChI=1S/C17H16BrN3O2/c1-20-14-9-12(18)13(10-15(14)21(2)17(20)23)19-16(22)8-11-6-4-3-5-7-11/h3-7,9-10H,8H2,1-2H3,(H,19,22). The van der Waals surface area contributed by atoms with Crippen LogP contribution in [0.1, 0.15) is 5.56 Å². The Morgan fingerprint density at radius 3 is 2.35 bits per heavy atom. The lowest BCUT2D eigenvalue weighted by molar-refractivity contribution is -0.115. The topological polar surface area (TPSA) is 56.0 Å². The highest BCUT2D eigenvalue weighted by Crippen LogP contribution is 2.28. The van der Waals surface area contributed by atoms with Crippen molar-refractivity contribution in [1.29, 1.82) is 0 Å². The van der Waals surface area contributed by atoms with Gasteiger partial charge in [0.25, 0.3) is 0 Å². The lowest BCUT2D eigenvalue weighted by Crippen LogP contribution is -2.19. The molecule has 1 aromatic heterocycles. The van der Waals surface area contributed by atoms with Gasteiger partial charge in [0.15, 0.2) is 0 Å². The fourth-order valence-electron chi connectivity index (χ4n) is 2.59. The first-order chi connectivity index (χ1) is 11.0. The second-order valence-electron chi connectivity index (χ2n) is 5.43. The van der Waals surface area contributed by atoms with Crippen molar-refractivity contribution >= 4 is 38.6 Å². The van der Waals surface area contributed by atoms with Crippen LogP contribution in [0.25, 0.3) is 11.0 Å². The van der Waals surface area contributed by atoms with Gasteiger partial charge in [0.05, 0.1) is 23.1 Å². The summed E-state index contributed by atoms with van der Waals surface area (Å²) in [4.78, 5) is 24.2. The van der Waals surface area contributed by atoms with Crippen molar-refractivity contribution < 1.29 is 4.79 Å². The van der Waals surface area contributed by atoms with Crippen LogP contribution in [0.5, 0.6) is 0 Å². The van der Waals surface area contributed by atoms with E-state index in [0.29, 0.717) is 12.1 Å². The Morgan fingerprint density at radius 2 is 1.70 bits per heavy atom. The van der Waals surface area contributed by atoms with Crippen LogP contribution in [-0.2, 0) is 25.3 Å². The Balaban J connectivity index is 1.91. The molecule has 6 heteroatoms. The Bertz CT molecular complexity index is 942. The van der Waals surface area contributed by atoms with E-state index >= 15 is 0 Å². The molecule has 3 rings (SSSR count). The molecule has 3 aromatic rings. The molecular weight excluding hydrogens is 358 g/mol. The molecule has 1 heterocycles. The van der Waals surface area contributed by atoms with Gasteiger partial charge >= 0.3 is 5.69 Å². The largest absolute Gasteiger partial charge is 0.328 e. The Labute approximate surface area is 141 Å². The fraction of sp³-hybridized carbons (Fsp3) is 0.176. The average Bonchev–Trinajstić information content (AvgIpc) is 2.73. The van der Waals surface area contributed by atoms with E-state index in [0.717, 1.165) is 21.1 Å². The van der Waals surface area contributed by atoms with Gasteiger partial charge in [-0.3, -0.25) is 13.9 Å². The van der Waals surface area contributed by atoms with Crippen molar-refractivity contribution in [3.63, 3.8) is 0 Å². The van der Waals surface area contributed by atoms with E-state index < -0.39 is 0 Å². The maximum atomic E-state index is 12.2.